The van der Waals surface area contributed by atoms with E-state index in [-0.39, 0.29) is 35.3 Å². The highest BCUT2D eigenvalue weighted by molar-refractivity contribution is 7.99. The second kappa shape index (κ2) is 6.27. The molecule has 126 valence electrons. The first-order chi connectivity index (χ1) is 11.4. The summed E-state index contributed by atoms with van der Waals surface area (Å²) in [6, 6.07) is 5.89. The number of thioether (sulfide) groups is 1. The van der Waals surface area contributed by atoms with Gasteiger partial charge in [0, 0.05) is 17.7 Å². The van der Waals surface area contributed by atoms with Crippen LogP contribution in [-0.4, -0.2) is 45.6 Å². The Morgan fingerprint density at radius 1 is 1.21 bits per heavy atom. The number of hydrogen-bond acceptors (Lipinski definition) is 5. The zero-order valence-corrected chi connectivity index (χ0v) is 12.9. The number of alkyl halides is 3. The highest BCUT2D eigenvalue weighted by Gasteiger charge is 2.35. The summed E-state index contributed by atoms with van der Waals surface area (Å²) in [5.41, 5.74) is 0.192. The molecule has 2 heterocycles. The Hall–Kier alpha value is -2.36. The van der Waals surface area contributed by atoms with Crippen LogP contribution in [0, 0.1) is 0 Å². The summed E-state index contributed by atoms with van der Waals surface area (Å²) in [4.78, 5) is 31.1. The molecule has 1 aromatic carbocycles. The molecule has 6 nitrogen and oxygen atoms in total. The Bertz CT molecular complexity index is 796. The summed E-state index contributed by atoms with van der Waals surface area (Å²) in [5.74, 6) is -1.33. The minimum Gasteiger partial charge on any atom is -0.329 e. The Kier molecular flexibility index (Phi) is 4.31. The van der Waals surface area contributed by atoms with Gasteiger partial charge < -0.3 is 5.32 Å². The number of nitrogens with one attached hydrogen (secondary N) is 1. The largest absolute Gasteiger partial charge is 0.451 e. The first kappa shape index (κ1) is 16.5. The highest BCUT2D eigenvalue weighted by Crippen LogP contribution is 2.32. The summed E-state index contributed by atoms with van der Waals surface area (Å²) in [6.07, 6.45) is -4.65. The third-order valence-corrected chi connectivity index (χ3v) is 4.28. The van der Waals surface area contributed by atoms with Crippen LogP contribution in [0.25, 0.3) is 10.9 Å². The third-order valence-electron chi connectivity index (χ3n) is 3.31. The summed E-state index contributed by atoms with van der Waals surface area (Å²) >= 11 is 1.05. The molecule has 10 heteroatoms. The monoisotopic (exact) mass is 356 g/mol. The lowest BCUT2D eigenvalue weighted by Crippen LogP contribution is -2.32. The van der Waals surface area contributed by atoms with Crippen LogP contribution in [-0.2, 0) is 11.0 Å². The van der Waals surface area contributed by atoms with Crippen molar-refractivity contribution in [3.05, 3.63) is 30.1 Å². The second-order valence-corrected chi connectivity index (χ2v) is 6.00. The quantitative estimate of drug-likeness (QED) is 0.517. The van der Waals surface area contributed by atoms with Crippen molar-refractivity contribution in [2.75, 3.05) is 18.8 Å². The topological polar surface area (TPSA) is 75.2 Å². The van der Waals surface area contributed by atoms with E-state index in [2.05, 4.69) is 15.3 Å². The van der Waals surface area contributed by atoms with E-state index in [1.165, 1.54) is 6.07 Å². The van der Waals surface area contributed by atoms with Gasteiger partial charge in [-0.3, -0.25) is 9.69 Å². The van der Waals surface area contributed by atoms with Gasteiger partial charge in [0.15, 0.2) is 0 Å². The number of nitrogens with zero attached hydrogens (tertiary/aromatic N) is 3. The highest BCUT2D eigenvalue weighted by atomic mass is 32.2. The molecule has 3 rings (SSSR count). The summed E-state index contributed by atoms with van der Waals surface area (Å²) in [6.45, 7) is 0.0349. The molecule has 0 radical (unpaired) electrons. The maximum Gasteiger partial charge on any atom is 0.451 e. The van der Waals surface area contributed by atoms with E-state index in [4.69, 9.17) is 0 Å². The molecular weight excluding hydrogens is 345 g/mol. The van der Waals surface area contributed by atoms with E-state index in [1.54, 1.807) is 18.2 Å². The summed E-state index contributed by atoms with van der Waals surface area (Å²) in [5, 5.41) is 3.04. The first-order valence-electron chi connectivity index (χ1n) is 6.91. The van der Waals surface area contributed by atoms with Gasteiger partial charge in [0.25, 0.3) is 0 Å². The van der Waals surface area contributed by atoms with E-state index in [0.29, 0.717) is 5.39 Å². The molecule has 0 saturated carbocycles. The van der Waals surface area contributed by atoms with E-state index >= 15 is 0 Å². The number of carbonyl (C=O) groups excluding carboxylic acids is 2. The van der Waals surface area contributed by atoms with Crippen LogP contribution in [0.5, 0.6) is 0 Å². The summed E-state index contributed by atoms with van der Waals surface area (Å²) < 4.78 is 38.8. The van der Waals surface area contributed by atoms with Crippen molar-refractivity contribution in [2.24, 2.45) is 0 Å². The van der Waals surface area contributed by atoms with Gasteiger partial charge in [0.2, 0.25) is 11.7 Å². The molecule has 0 spiro atoms. The Balaban J connectivity index is 1.83. The molecule has 1 fully saturated rings. The number of aromatic nitrogens is 2. The van der Waals surface area contributed by atoms with E-state index < -0.39 is 18.0 Å². The zero-order chi connectivity index (χ0) is 17.3. The Morgan fingerprint density at radius 3 is 2.62 bits per heavy atom. The number of imide groups is 1. The molecule has 1 saturated heterocycles. The standard InChI is InChI=1S/C14H11F3N4O2S/c15-14(16,17)12-19-9-4-2-1-3-8(9)11(20-12)24-6-5-21-10(22)7-18-13(21)23/h1-4H,5-7H2,(H,18,23). The molecule has 0 aliphatic carbocycles. The average molecular weight is 356 g/mol. The van der Waals surface area contributed by atoms with Crippen molar-refractivity contribution in [3.63, 3.8) is 0 Å². The molecule has 24 heavy (non-hydrogen) atoms. The van der Waals surface area contributed by atoms with E-state index in [1.807, 2.05) is 0 Å². The van der Waals surface area contributed by atoms with Crippen molar-refractivity contribution < 1.29 is 22.8 Å². The molecule has 1 aliphatic rings. The van der Waals surface area contributed by atoms with Gasteiger partial charge in [-0.15, -0.1) is 11.8 Å². The van der Waals surface area contributed by atoms with Crippen molar-refractivity contribution in [1.29, 1.82) is 0 Å². The van der Waals surface area contributed by atoms with E-state index in [0.717, 1.165) is 16.7 Å². The smallest absolute Gasteiger partial charge is 0.329 e. The van der Waals surface area contributed by atoms with E-state index in [9.17, 15) is 22.8 Å². The number of halogens is 3. The number of benzene rings is 1. The van der Waals surface area contributed by atoms with Gasteiger partial charge in [0.1, 0.15) is 5.03 Å². The van der Waals surface area contributed by atoms with Crippen LogP contribution in [0.1, 0.15) is 5.82 Å². The normalized spacial score (nSPS) is 15.2. The van der Waals surface area contributed by atoms with Gasteiger partial charge in [-0.05, 0) is 6.07 Å². The van der Waals surface area contributed by atoms with Crippen LogP contribution in [0.2, 0.25) is 0 Å². The third kappa shape index (κ3) is 3.28. The number of carbonyl (C=O) groups is 2. The number of amides is 3. The van der Waals surface area contributed by atoms with Crippen LogP contribution >= 0.6 is 11.8 Å². The van der Waals surface area contributed by atoms with Crippen molar-refractivity contribution in [3.8, 4) is 0 Å². The number of rotatable bonds is 4. The molecule has 2 aromatic rings. The molecule has 3 amide bonds. The fourth-order valence-corrected chi connectivity index (χ4v) is 3.15. The van der Waals surface area contributed by atoms with Gasteiger partial charge in [-0.2, -0.15) is 13.2 Å². The summed E-state index contributed by atoms with van der Waals surface area (Å²) in [7, 11) is 0. The number of fused-ring (bicyclic) bond motifs is 1. The molecule has 0 unspecified atom stereocenters. The molecule has 1 aromatic heterocycles. The van der Waals surface area contributed by atoms with Crippen molar-refractivity contribution >= 4 is 34.6 Å². The SMILES string of the molecule is O=C1CNC(=O)N1CCSc1nc(C(F)(F)F)nc2ccccc12. The average Bonchev–Trinajstić information content (AvgIpc) is 2.85. The lowest BCUT2D eigenvalue weighted by Gasteiger charge is -2.13. The predicted octanol–water partition coefficient (Wildman–Crippen LogP) is 2.29. The molecule has 0 atom stereocenters. The van der Waals surface area contributed by atoms with Gasteiger partial charge in [-0.25, -0.2) is 14.8 Å². The fourth-order valence-electron chi connectivity index (χ4n) is 2.20. The van der Waals surface area contributed by atoms with Crippen molar-refractivity contribution in [1.82, 2.24) is 20.2 Å². The first-order valence-corrected chi connectivity index (χ1v) is 7.90. The van der Waals surface area contributed by atoms with Gasteiger partial charge in [0.05, 0.1) is 12.1 Å². The molecule has 0 bridgehead atoms. The number of urea groups is 1. The molecule has 1 N–H and O–H groups in total. The number of hydrogen-bond donors (Lipinski definition) is 1. The van der Waals surface area contributed by atoms with Crippen LogP contribution in [0.3, 0.4) is 0 Å². The van der Waals surface area contributed by atoms with Crippen molar-refractivity contribution in [2.45, 2.75) is 11.2 Å². The minimum atomic E-state index is -4.65. The Labute approximate surface area is 138 Å². The zero-order valence-electron chi connectivity index (χ0n) is 12.1. The maximum atomic E-state index is 12.9. The fraction of sp³-hybridized carbons (Fsp3) is 0.286. The van der Waals surface area contributed by atoms with Gasteiger partial charge in [-0.1, -0.05) is 18.2 Å². The lowest BCUT2D eigenvalue weighted by molar-refractivity contribution is -0.145. The Morgan fingerprint density at radius 2 is 1.96 bits per heavy atom. The number of para-hydroxylation sites is 1. The van der Waals surface area contributed by atoms with Crippen LogP contribution < -0.4 is 5.32 Å². The molecular formula is C14H11F3N4O2S. The second-order valence-electron chi connectivity index (χ2n) is 4.92. The van der Waals surface area contributed by atoms with Crippen LogP contribution in [0.4, 0.5) is 18.0 Å². The predicted molar refractivity (Wildman–Crippen MR) is 80.4 cm³/mol. The molecule has 1 aliphatic heterocycles. The minimum absolute atomic E-state index is 0.0574. The van der Waals surface area contributed by atoms with Crippen LogP contribution in [0.15, 0.2) is 29.3 Å². The maximum absolute atomic E-state index is 12.9. The van der Waals surface area contributed by atoms with Gasteiger partial charge >= 0.3 is 12.2 Å². The lowest BCUT2D eigenvalue weighted by atomic mass is 10.2.